The van der Waals surface area contributed by atoms with Crippen LogP contribution in [0, 0.1) is 0 Å². The Kier molecular flexibility index (Phi) is 4.97. The number of piperidine rings is 1. The molecule has 0 radical (unpaired) electrons. The molecule has 2 rings (SSSR count). The molecule has 1 saturated heterocycles. The summed E-state index contributed by atoms with van der Waals surface area (Å²) in [6.45, 7) is 1.51. The van der Waals surface area contributed by atoms with Crippen LogP contribution < -0.4 is 5.73 Å². The van der Waals surface area contributed by atoms with Crippen molar-refractivity contribution in [1.29, 1.82) is 0 Å². The first kappa shape index (κ1) is 14.0. The molecule has 1 aromatic rings. The van der Waals surface area contributed by atoms with Crippen LogP contribution >= 0.6 is 11.6 Å². The highest BCUT2D eigenvalue weighted by atomic mass is 35.5. The van der Waals surface area contributed by atoms with Crippen molar-refractivity contribution >= 4 is 17.5 Å². The van der Waals surface area contributed by atoms with Gasteiger partial charge in [0.15, 0.2) is 0 Å². The highest BCUT2D eigenvalue weighted by molar-refractivity contribution is 6.30. The van der Waals surface area contributed by atoms with Crippen molar-refractivity contribution in [2.24, 2.45) is 5.73 Å². The molecule has 0 atom stereocenters. The molecule has 2 N–H and O–H groups in total. The van der Waals surface area contributed by atoms with Crippen LogP contribution in [0.2, 0.25) is 5.02 Å². The van der Waals surface area contributed by atoms with Crippen molar-refractivity contribution in [2.75, 3.05) is 13.1 Å². The zero-order valence-corrected chi connectivity index (χ0v) is 9.78. The lowest BCUT2D eigenvalue weighted by Gasteiger charge is -2.30. The standard InChI is InChI=1S/C12H15ClN2O.CH4/c13-10-3-1-9(2-4-10)12(16)15-7-5-11(14)6-8-15;/h1-4,11H,5-8,14H2;1H4. The Morgan fingerprint density at radius 1 is 1.24 bits per heavy atom. The maximum atomic E-state index is 12.1. The van der Waals surface area contributed by atoms with Gasteiger partial charge in [0, 0.05) is 29.7 Å². The third kappa shape index (κ3) is 3.45. The van der Waals surface area contributed by atoms with Crippen molar-refractivity contribution in [1.82, 2.24) is 4.90 Å². The van der Waals surface area contributed by atoms with E-state index in [0.717, 1.165) is 25.9 Å². The van der Waals surface area contributed by atoms with Gasteiger partial charge in [0.1, 0.15) is 0 Å². The molecule has 0 spiro atoms. The lowest BCUT2D eigenvalue weighted by atomic mass is 10.1. The minimum Gasteiger partial charge on any atom is -0.339 e. The lowest BCUT2D eigenvalue weighted by molar-refractivity contribution is 0.0715. The van der Waals surface area contributed by atoms with Crippen LogP contribution in [-0.2, 0) is 0 Å². The van der Waals surface area contributed by atoms with E-state index in [0.29, 0.717) is 10.6 Å². The van der Waals surface area contributed by atoms with Crippen LogP contribution in [0.1, 0.15) is 30.6 Å². The highest BCUT2D eigenvalue weighted by Crippen LogP contribution is 2.15. The van der Waals surface area contributed by atoms with Crippen molar-refractivity contribution in [3.8, 4) is 0 Å². The van der Waals surface area contributed by atoms with E-state index in [1.165, 1.54) is 0 Å². The number of amides is 1. The summed E-state index contributed by atoms with van der Waals surface area (Å²) >= 11 is 5.78. The Morgan fingerprint density at radius 2 is 1.76 bits per heavy atom. The van der Waals surface area contributed by atoms with E-state index in [1.807, 2.05) is 4.90 Å². The summed E-state index contributed by atoms with van der Waals surface area (Å²) in [4.78, 5) is 13.9. The summed E-state index contributed by atoms with van der Waals surface area (Å²) in [6.07, 6.45) is 1.78. The minimum absolute atomic E-state index is 0. The number of carbonyl (C=O) groups excluding carboxylic acids is 1. The number of carbonyl (C=O) groups is 1. The van der Waals surface area contributed by atoms with Crippen LogP contribution in [0.3, 0.4) is 0 Å². The van der Waals surface area contributed by atoms with E-state index < -0.39 is 0 Å². The molecule has 1 aliphatic heterocycles. The fourth-order valence-corrected chi connectivity index (χ4v) is 2.00. The number of hydrogen-bond acceptors (Lipinski definition) is 2. The molecular weight excluding hydrogens is 236 g/mol. The summed E-state index contributed by atoms with van der Waals surface area (Å²) in [7, 11) is 0. The van der Waals surface area contributed by atoms with Crippen LogP contribution in [0.4, 0.5) is 0 Å². The Labute approximate surface area is 108 Å². The van der Waals surface area contributed by atoms with Gasteiger partial charge in [0.05, 0.1) is 0 Å². The number of hydrogen-bond donors (Lipinski definition) is 1. The summed E-state index contributed by atoms with van der Waals surface area (Å²) in [5, 5.41) is 0.650. The summed E-state index contributed by atoms with van der Waals surface area (Å²) in [6, 6.07) is 7.25. The van der Waals surface area contributed by atoms with Crippen molar-refractivity contribution in [2.45, 2.75) is 26.3 Å². The second kappa shape index (κ2) is 6.03. The quantitative estimate of drug-likeness (QED) is 0.837. The molecule has 94 valence electrons. The summed E-state index contributed by atoms with van der Waals surface area (Å²) in [5.41, 5.74) is 6.49. The highest BCUT2D eigenvalue weighted by Gasteiger charge is 2.21. The minimum atomic E-state index is 0. The number of halogens is 1. The topological polar surface area (TPSA) is 46.3 Å². The Hall–Kier alpha value is -1.06. The Morgan fingerprint density at radius 3 is 2.29 bits per heavy atom. The Balaban J connectivity index is 0.00000144. The van der Waals surface area contributed by atoms with E-state index in [9.17, 15) is 4.79 Å². The molecule has 0 aliphatic carbocycles. The monoisotopic (exact) mass is 254 g/mol. The van der Waals surface area contributed by atoms with Gasteiger partial charge in [-0.05, 0) is 37.1 Å². The molecule has 1 fully saturated rings. The predicted octanol–water partition coefficient (Wildman–Crippen LogP) is 2.54. The normalized spacial score (nSPS) is 16.5. The second-order valence-electron chi connectivity index (χ2n) is 4.14. The second-order valence-corrected chi connectivity index (χ2v) is 4.57. The molecule has 1 heterocycles. The van der Waals surface area contributed by atoms with E-state index in [2.05, 4.69) is 0 Å². The molecule has 0 saturated carbocycles. The van der Waals surface area contributed by atoms with Crippen LogP contribution in [0.25, 0.3) is 0 Å². The average molecular weight is 255 g/mol. The number of rotatable bonds is 1. The first-order valence-electron chi connectivity index (χ1n) is 5.47. The van der Waals surface area contributed by atoms with E-state index in [4.69, 9.17) is 17.3 Å². The first-order valence-corrected chi connectivity index (χ1v) is 5.85. The van der Waals surface area contributed by atoms with Gasteiger partial charge in [-0.2, -0.15) is 0 Å². The van der Waals surface area contributed by atoms with Gasteiger partial charge in [0.2, 0.25) is 0 Å². The van der Waals surface area contributed by atoms with Gasteiger partial charge in [-0.1, -0.05) is 19.0 Å². The van der Waals surface area contributed by atoms with E-state index in [1.54, 1.807) is 24.3 Å². The van der Waals surface area contributed by atoms with Crippen LogP contribution in [0.5, 0.6) is 0 Å². The van der Waals surface area contributed by atoms with Crippen molar-refractivity contribution in [3.05, 3.63) is 34.9 Å². The zero-order chi connectivity index (χ0) is 11.5. The van der Waals surface area contributed by atoms with Gasteiger partial charge >= 0.3 is 0 Å². The van der Waals surface area contributed by atoms with Gasteiger partial charge in [-0.25, -0.2) is 0 Å². The molecule has 1 aliphatic rings. The van der Waals surface area contributed by atoms with Crippen LogP contribution in [0.15, 0.2) is 24.3 Å². The smallest absolute Gasteiger partial charge is 0.253 e. The molecule has 0 unspecified atom stereocenters. The largest absolute Gasteiger partial charge is 0.339 e. The molecule has 17 heavy (non-hydrogen) atoms. The SMILES string of the molecule is C.NC1CCN(C(=O)c2ccc(Cl)cc2)CC1. The number of nitrogens with zero attached hydrogens (tertiary/aromatic N) is 1. The van der Waals surface area contributed by atoms with E-state index in [-0.39, 0.29) is 19.4 Å². The third-order valence-corrected chi connectivity index (χ3v) is 3.17. The number of likely N-dealkylation sites (tertiary alicyclic amines) is 1. The molecule has 0 bridgehead atoms. The third-order valence-electron chi connectivity index (χ3n) is 2.92. The van der Waals surface area contributed by atoms with Gasteiger partial charge in [-0.3, -0.25) is 4.79 Å². The molecule has 4 heteroatoms. The lowest BCUT2D eigenvalue weighted by Crippen LogP contribution is -2.42. The fraction of sp³-hybridized carbons (Fsp3) is 0.462. The Bertz CT molecular complexity index is 370. The van der Waals surface area contributed by atoms with Crippen molar-refractivity contribution in [3.63, 3.8) is 0 Å². The van der Waals surface area contributed by atoms with Gasteiger partial charge in [-0.15, -0.1) is 0 Å². The predicted molar refractivity (Wildman–Crippen MR) is 71.3 cm³/mol. The molecule has 3 nitrogen and oxygen atoms in total. The van der Waals surface area contributed by atoms with Crippen LogP contribution in [-0.4, -0.2) is 29.9 Å². The molecular formula is C13H19ClN2O. The fourth-order valence-electron chi connectivity index (χ4n) is 1.88. The summed E-state index contributed by atoms with van der Waals surface area (Å²) < 4.78 is 0. The number of nitrogens with two attached hydrogens (primary N) is 1. The zero-order valence-electron chi connectivity index (χ0n) is 9.03. The number of benzene rings is 1. The van der Waals surface area contributed by atoms with Gasteiger partial charge in [0.25, 0.3) is 5.91 Å². The van der Waals surface area contributed by atoms with E-state index >= 15 is 0 Å². The average Bonchev–Trinajstić information content (AvgIpc) is 2.30. The maximum Gasteiger partial charge on any atom is 0.253 e. The molecule has 1 amide bonds. The van der Waals surface area contributed by atoms with Crippen molar-refractivity contribution < 1.29 is 4.79 Å². The van der Waals surface area contributed by atoms with Gasteiger partial charge < -0.3 is 10.6 Å². The molecule has 1 aromatic carbocycles. The first-order chi connectivity index (χ1) is 7.66. The maximum absolute atomic E-state index is 12.1. The summed E-state index contributed by atoms with van der Waals surface area (Å²) in [5.74, 6) is 0.0727. The molecule has 0 aromatic heterocycles.